The zero-order chi connectivity index (χ0) is 19.9. The van der Waals surface area contributed by atoms with Crippen LogP contribution in [0.3, 0.4) is 0 Å². The number of carbonyl (C=O) groups is 2. The molecular formula is C22H27N3O3. The van der Waals surface area contributed by atoms with Gasteiger partial charge in [0.1, 0.15) is 5.75 Å². The number of rotatable bonds is 7. The Morgan fingerprint density at radius 3 is 2.71 bits per heavy atom. The van der Waals surface area contributed by atoms with Crippen molar-refractivity contribution in [1.29, 1.82) is 0 Å². The van der Waals surface area contributed by atoms with E-state index in [2.05, 4.69) is 10.2 Å². The van der Waals surface area contributed by atoms with Gasteiger partial charge in [-0.2, -0.15) is 0 Å². The SMILES string of the molecule is CCOc1ccccc1C(=O)Nc1ccccc1CN1CCC[C@@H](C(N)=O)C1. The predicted octanol–water partition coefficient (Wildman–Crippen LogP) is 3.03. The van der Waals surface area contributed by atoms with Gasteiger partial charge in [0.25, 0.3) is 5.91 Å². The zero-order valence-electron chi connectivity index (χ0n) is 16.2. The van der Waals surface area contributed by atoms with Crippen molar-refractivity contribution in [3.63, 3.8) is 0 Å². The van der Waals surface area contributed by atoms with Crippen LogP contribution in [-0.2, 0) is 11.3 Å². The number of nitrogens with two attached hydrogens (primary N) is 1. The highest BCUT2D eigenvalue weighted by atomic mass is 16.5. The Kier molecular flexibility index (Phi) is 6.66. The van der Waals surface area contributed by atoms with Crippen molar-refractivity contribution in [2.45, 2.75) is 26.3 Å². The second kappa shape index (κ2) is 9.37. The average Bonchev–Trinajstić information content (AvgIpc) is 2.70. The lowest BCUT2D eigenvalue weighted by Gasteiger charge is -2.31. The smallest absolute Gasteiger partial charge is 0.259 e. The van der Waals surface area contributed by atoms with Crippen molar-refractivity contribution in [3.05, 3.63) is 59.7 Å². The average molecular weight is 381 g/mol. The summed E-state index contributed by atoms with van der Waals surface area (Å²) in [6, 6.07) is 15.0. The van der Waals surface area contributed by atoms with Gasteiger partial charge in [-0.1, -0.05) is 30.3 Å². The van der Waals surface area contributed by atoms with E-state index >= 15 is 0 Å². The molecule has 1 heterocycles. The topological polar surface area (TPSA) is 84.7 Å². The van der Waals surface area contributed by atoms with E-state index in [-0.39, 0.29) is 17.7 Å². The molecule has 1 saturated heterocycles. The Bertz CT molecular complexity index is 837. The molecule has 0 aromatic heterocycles. The van der Waals surface area contributed by atoms with E-state index in [0.717, 1.165) is 30.6 Å². The first-order valence-corrected chi connectivity index (χ1v) is 9.71. The van der Waals surface area contributed by atoms with Crippen LogP contribution in [0.2, 0.25) is 0 Å². The van der Waals surface area contributed by atoms with Crippen LogP contribution in [0.4, 0.5) is 5.69 Å². The second-order valence-corrected chi connectivity index (χ2v) is 7.02. The summed E-state index contributed by atoms with van der Waals surface area (Å²) >= 11 is 0. The van der Waals surface area contributed by atoms with Crippen LogP contribution in [0.5, 0.6) is 5.75 Å². The maximum Gasteiger partial charge on any atom is 0.259 e. The molecule has 0 aliphatic carbocycles. The number of para-hydroxylation sites is 2. The molecule has 2 amide bonds. The zero-order valence-corrected chi connectivity index (χ0v) is 16.2. The van der Waals surface area contributed by atoms with Gasteiger partial charge in [-0.3, -0.25) is 14.5 Å². The van der Waals surface area contributed by atoms with Crippen LogP contribution < -0.4 is 15.8 Å². The largest absolute Gasteiger partial charge is 0.493 e. The quantitative estimate of drug-likeness (QED) is 0.772. The molecular weight excluding hydrogens is 354 g/mol. The Morgan fingerprint density at radius 2 is 1.93 bits per heavy atom. The molecule has 6 heteroatoms. The van der Waals surface area contributed by atoms with Crippen LogP contribution in [0.1, 0.15) is 35.7 Å². The van der Waals surface area contributed by atoms with E-state index in [0.29, 0.717) is 31.0 Å². The van der Waals surface area contributed by atoms with Crippen molar-refractivity contribution in [2.75, 3.05) is 25.0 Å². The van der Waals surface area contributed by atoms with Crippen molar-refractivity contribution >= 4 is 17.5 Å². The fraction of sp³-hybridized carbons (Fsp3) is 0.364. The number of amides is 2. The van der Waals surface area contributed by atoms with Crippen LogP contribution in [0, 0.1) is 5.92 Å². The third-order valence-corrected chi connectivity index (χ3v) is 5.00. The van der Waals surface area contributed by atoms with Gasteiger partial charge < -0.3 is 15.8 Å². The molecule has 0 saturated carbocycles. The van der Waals surface area contributed by atoms with Gasteiger partial charge in [0, 0.05) is 18.8 Å². The summed E-state index contributed by atoms with van der Waals surface area (Å²) < 4.78 is 5.57. The maximum absolute atomic E-state index is 12.8. The molecule has 3 rings (SSSR count). The molecule has 2 aromatic rings. The summed E-state index contributed by atoms with van der Waals surface area (Å²) in [7, 11) is 0. The first-order valence-electron chi connectivity index (χ1n) is 9.71. The summed E-state index contributed by atoms with van der Waals surface area (Å²) in [4.78, 5) is 26.6. The summed E-state index contributed by atoms with van der Waals surface area (Å²) in [5.74, 6) is 0.0258. The molecule has 1 atom stereocenters. The van der Waals surface area contributed by atoms with E-state index in [1.165, 1.54) is 0 Å². The summed E-state index contributed by atoms with van der Waals surface area (Å²) in [6.45, 7) is 4.62. The van der Waals surface area contributed by atoms with Gasteiger partial charge in [0.2, 0.25) is 5.91 Å². The molecule has 28 heavy (non-hydrogen) atoms. The highest BCUT2D eigenvalue weighted by Gasteiger charge is 2.24. The summed E-state index contributed by atoms with van der Waals surface area (Å²) in [6.07, 6.45) is 1.79. The summed E-state index contributed by atoms with van der Waals surface area (Å²) in [5.41, 5.74) is 7.77. The van der Waals surface area contributed by atoms with Crippen molar-refractivity contribution in [1.82, 2.24) is 4.90 Å². The van der Waals surface area contributed by atoms with Gasteiger partial charge in [0.15, 0.2) is 0 Å². The summed E-state index contributed by atoms with van der Waals surface area (Å²) in [5, 5.41) is 3.01. The van der Waals surface area contributed by atoms with Gasteiger partial charge in [-0.05, 0) is 50.1 Å². The number of likely N-dealkylation sites (tertiary alicyclic amines) is 1. The van der Waals surface area contributed by atoms with E-state index in [1.807, 2.05) is 43.3 Å². The lowest BCUT2D eigenvalue weighted by atomic mass is 9.97. The number of carbonyl (C=O) groups excluding carboxylic acids is 2. The number of hydrogen-bond acceptors (Lipinski definition) is 4. The molecule has 0 spiro atoms. The lowest BCUT2D eigenvalue weighted by molar-refractivity contribution is -0.123. The molecule has 1 fully saturated rings. The minimum absolute atomic E-state index is 0.103. The minimum atomic E-state index is -0.237. The molecule has 0 radical (unpaired) electrons. The van der Waals surface area contributed by atoms with Crippen LogP contribution in [0.15, 0.2) is 48.5 Å². The first kappa shape index (κ1) is 19.9. The van der Waals surface area contributed by atoms with Crippen molar-refractivity contribution < 1.29 is 14.3 Å². The van der Waals surface area contributed by atoms with Crippen LogP contribution in [0.25, 0.3) is 0 Å². The van der Waals surface area contributed by atoms with Crippen molar-refractivity contribution in [3.8, 4) is 5.75 Å². The Hall–Kier alpha value is -2.86. The van der Waals surface area contributed by atoms with E-state index < -0.39 is 0 Å². The van der Waals surface area contributed by atoms with Gasteiger partial charge >= 0.3 is 0 Å². The molecule has 0 bridgehead atoms. The van der Waals surface area contributed by atoms with Crippen LogP contribution in [-0.4, -0.2) is 36.4 Å². The van der Waals surface area contributed by atoms with E-state index in [4.69, 9.17) is 10.5 Å². The number of piperidine rings is 1. The minimum Gasteiger partial charge on any atom is -0.493 e. The number of nitrogens with zero attached hydrogens (tertiary/aromatic N) is 1. The molecule has 1 aliphatic rings. The standard InChI is InChI=1S/C22H27N3O3/c1-2-28-20-12-6-4-10-18(20)22(27)24-19-11-5-3-8-16(19)14-25-13-7-9-17(15-25)21(23)26/h3-6,8,10-12,17H,2,7,9,13-15H2,1H3,(H2,23,26)(H,24,27)/t17-/m1/s1. The fourth-order valence-corrected chi connectivity index (χ4v) is 3.58. The number of hydrogen-bond donors (Lipinski definition) is 2. The molecule has 3 N–H and O–H groups in total. The molecule has 2 aromatic carbocycles. The van der Waals surface area contributed by atoms with Crippen molar-refractivity contribution in [2.24, 2.45) is 11.7 Å². The number of ether oxygens (including phenoxy) is 1. The third kappa shape index (κ3) is 4.89. The third-order valence-electron chi connectivity index (χ3n) is 5.00. The lowest BCUT2D eigenvalue weighted by Crippen LogP contribution is -2.40. The van der Waals surface area contributed by atoms with Gasteiger partial charge in [-0.15, -0.1) is 0 Å². The molecule has 148 valence electrons. The van der Waals surface area contributed by atoms with Crippen LogP contribution >= 0.6 is 0 Å². The van der Waals surface area contributed by atoms with Gasteiger partial charge in [-0.25, -0.2) is 0 Å². The normalized spacial score (nSPS) is 17.1. The second-order valence-electron chi connectivity index (χ2n) is 7.02. The van der Waals surface area contributed by atoms with Gasteiger partial charge in [0.05, 0.1) is 18.1 Å². The number of primary amides is 1. The first-order chi connectivity index (χ1) is 13.6. The number of nitrogens with one attached hydrogen (secondary N) is 1. The number of anilines is 1. The fourth-order valence-electron chi connectivity index (χ4n) is 3.58. The Balaban J connectivity index is 1.74. The predicted molar refractivity (Wildman–Crippen MR) is 109 cm³/mol. The Labute approximate surface area is 165 Å². The molecule has 6 nitrogen and oxygen atoms in total. The maximum atomic E-state index is 12.8. The number of benzene rings is 2. The molecule has 0 unspecified atom stereocenters. The highest BCUT2D eigenvalue weighted by molar-refractivity contribution is 6.06. The molecule has 1 aliphatic heterocycles. The Morgan fingerprint density at radius 1 is 1.18 bits per heavy atom. The monoisotopic (exact) mass is 381 g/mol. The van der Waals surface area contributed by atoms with E-state index in [9.17, 15) is 9.59 Å². The van der Waals surface area contributed by atoms with E-state index in [1.54, 1.807) is 12.1 Å². The highest BCUT2D eigenvalue weighted by Crippen LogP contribution is 2.24.